The van der Waals surface area contributed by atoms with Gasteiger partial charge in [-0.05, 0) is 16.7 Å². The Bertz CT molecular complexity index is 130. The molecule has 0 aliphatic rings. The monoisotopic (exact) mass is 172 g/mol. The van der Waals surface area contributed by atoms with E-state index in [-0.39, 0.29) is 5.41 Å². The molecule has 0 aromatic rings. The summed E-state index contributed by atoms with van der Waals surface area (Å²) in [4.78, 5) is 1.30. The lowest BCUT2D eigenvalue weighted by Crippen LogP contribution is -2.08. The van der Waals surface area contributed by atoms with Crippen molar-refractivity contribution in [3.8, 4) is 0 Å². The van der Waals surface area contributed by atoms with E-state index in [9.17, 15) is 0 Å². The van der Waals surface area contributed by atoms with E-state index in [0.29, 0.717) is 5.25 Å². The molecule has 11 heavy (non-hydrogen) atoms. The van der Waals surface area contributed by atoms with Crippen molar-refractivity contribution in [3.63, 3.8) is 0 Å². The molecule has 0 saturated carbocycles. The standard InChI is InChI=1S/C10H20S/c1-7-8(2)11-9(3)10(4,5)6/h8H,3,7H2,1-2,4-6H3. The Morgan fingerprint density at radius 1 is 1.45 bits per heavy atom. The molecule has 1 atom stereocenters. The molecule has 0 radical (unpaired) electrons. The Morgan fingerprint density at radius 3 is 2.18 bits per heavy atom. The number of hydrogen-bond donors (Lipinski definition) is 0. The molecule has 0 N–H and O–H groups in total. The van der Waals surface area contributed by atoms with Gasteiger partial charge in [0.25, 0.3) is 0 Å². The highest BCUT2D eigenvalue weighted by atomic mass is 32.2. The molecule has 0 aliphatic heterocycles. The van der Waals surface area contributed by atoms with Crippen LogP contribution < -0.4 is 0 Å². The molecule has 1 unspecified atom stereocenters. The molecular formula is C10H20S. The van der Waals surface area contributed by atoms with E-state index in [1.165, 1.54) is 11.3 Å². The molecule has 1 heteroatoms. The Balaban J connectivity index is 3.88. The van der Waals surface area contributed by atoms with Crippen LogP contribution in [-0.2, 0) is 0 Å². The van der Waals surface area contributed by atoms with E-state index in [1.54, 1.807) is 0 Å². The van der Waals surface area contributed by atoms with Gasteiger partial charge < -0.3 is 0 Å². The first-order chi connectivity index (χ1) is 4.88. The minimum Gasteiger partial charge on any atom is -0.128 e. The van der Waals surface area contributed by atoms with Crippen LogP contribution >= 0.6 is 11.8 Å². The molecule has 0 aliphatic carbocycles. The van der Waals surface area contributed by atoms with Crippen molar-refractivity contribution >= 4 is 11.8 Å². The zero-order valence-corrected chi connectivity index (χ0v) is 9.22. The molecule has 0 bridgehead atoms. The normalized spacial score (nSPS) is 14.6. The lowest BCUT2D eigenvalue weighted by Gasteiger charge is -2.23. The Kier molecular flexibility index (Phi) is 4.23. The highest BCUT2D eigenvalue weighted by Gasteiger charge is 2.16. The summed E-state index contributed by atoms with van der Waals surface area (Å²) in [5.74, 6) is 0. The summed E-state index contributed by atoms with van der Waals surface area (Å²) in [5, 5.41) is 0.710. The maximum atomic E-state index is 4.08. The van der Waals surface area contributed by atoms with Crippen LogP contribution in [0.5, 0.6) is 0 Å². The Morgan fingerprint density at radius 2 is 1.91 bits per heavy atom. The second kappa shape index (κ2) is 4.20. The largest absolute Gasteiger partial charge is 0.128 e. The molecule has 0 saturated heterocycles. The van der Waals surface area contributed by atoms with Gasteiger partial charge in [-0.3, -0.25) is 0 Å². The number of rotatable bonds is 3. The van der Waals surface area contributed by atoms with E-state index < -0.39 is 0 Å². The van der Waals surface area contributed by atoms with Crippen LogP contribution in [0.15, 0.2) is 11.5 Å². The minimum absolute atomic E-state index is 0.258. The average Bonchev–Trinajstić information content (AvgIpc) is 1.85. The average molecular weight is 172 g/mol. The Labute approximate surface area is 75.5 Å². The SMILES string of the molecule is C=C(SC(C)CC)C(C)(C)C. The minimum atomic E-state index is 0.258. The van der Waals surface area contributed by atoms with Crippen molar-refractivity contribution < 1.29 is 0 Å². The molecule has 0 aromatic carbocycles. The van der Waals surface area contributed by atoms with Gasteiger partial charge in [0, 0.05) is 5.25 Å². The van der Waals surface area contributed by atoms with Crippen LogP contribution in [0.2, 0.25) is 0 Å². The summed E-state index contributed by atoms with van der Waals surface area (Å²) >= 11 is 1.91. The first-order valence-corrected chi connectivity index (χ1v) is 5.12. The summed E-state index contributed by atoms with van der Waals surface area (Å²) < 4.78 is 0. The summed E-state index contributed by atoms with van der Waals surface area (Å²) in [6, 6.07) is 0. The lowest BCUT2D eigenvalue weighted by atomic mass is 9.97. The van der Waals surface area contributed by atoms with Gasteiger partial charge in [0.2, 0.25) is 0 Å². The van der Waals surface area contributed by atoms with E-state index in [2.05, 4.69) is 41.2 Å². The first-order valence-electron chi connectivity index (χ1n) is 4.24. The maximum absolute atomic E-state index is 4.08. The fourth-order valence-corrected chi connectivity index (χ4v) is 1.51. The zero-order chi connectivity index (χ0) is 9.07. The Hall–Kier alpha value is 0.0900. The van der Waals surface area contributed by atoms with E-state index in [1.807, 2.05) is 11.8 Å². The van der Waals surface area contributed by atoms with Gasteiger partial charge >= 0.3 is 0 Å². The maximum Gasteiger partial charge on any atom is 0.00602 e. The van der Waals surface area contributed by atoms with Crippen LogP contribution in [0.4, 0.5) is 0 Å². The molecule has 0 amide bonds. The van der Waals surface area contributed by atoms with Crippen LogP contribution in [0.1, 0.15) is 41.0 Å². The zero-order valence-electron chi connectivity index (χ0n) is 8.40. The third-order valence-electron chi connectivity index (χ3n) is 1.75. The van der Waals surface area contributed by atoms with Crippen LogP contribution in [0.3, 0.4) is 0 Å². The van der Waals surface area contributed by atoms with Crippen molar-refractivity contribution in [2.75, 3.05) is 0 Å². The summed E-state index contributed by atoms with van der Waals surface area (Å²) in [5.41, 5.74) is 0.258. The molecular weight excluding hydrogens is 152 g/mol. The van der Waals surface area contributed by atoms with Crippen molar-refractivity contribution in [3.05, 3.63) is 11.5 Å². The number of allylic oxidation sites excluding steroid dienone is 1. The molecule has 66 valence electrons. The van der Waals surface area contributed by atoms with Crippen molar-refractivity contribution in [1.29, 1.82) is 0 Å². The molecule has 0 nitrogen and oxygen atoms in total. The van der Waals surface area contributed by atoms with Gasteiger partial charge in [-0.15, -0.1) is 11.8 Å². The van der Waals surface area contributed by atoms with Crippen molar-refractivity contribution in [2.24, 2.45) is 5.41 Å². The predicted octanol–water partition coefficient (Wildman–Crippen LogP) is 4.08. The van der Waals surface area contributed by atoms with Gasteiger partial charge in [-0.2, -0.15) is 0 Å². The number of hydrogen-bond acceptors (Lipinski definition) is 1. The van der Waals surface area contributed by atoms with Gasteiger partial charge in [0.05, 0.1) is 0 Å². The van der Waals surface area contributed by atoms with Gasteiger partial charge in [0.1, 0.15) is 0 Å². The summed E-state index contributed by atoms with van der Waals surface area (Å²) in [6.45, 7) is 15.2. The smallest absolute Gasteiger partial charge is 0.00602 e. The molecule has 0 heterocycles. The topological polar surface area (TPSA) is 0 Å². The quantitative estimate of drug-likeness (QED) is 0.618. The molecule has 0 fully saturated rings. The van der Waals surface area contributed by atoms with Crippen molar-refractivity contribution in [1.82, 2.24) is 0 Å². The van der Waals surface area contributed by atoms with Crippen molar-refractivity contribution in [2.45, 2.75) is 46.3 Å². The fraction of sp³-hybridized carbons (Fsp3) is 0.800. The van der Waals surface area contributed by atoms with Gasteiger partial charge in [-0.1, -0.05) is 41.2 Å². The van der Waals surface area contributed by atoms with Crippen LogP contribution in [-0.4, -0.2) is 5.25 Å². The second-order valence-electron chi connectivity index (χ2n) is 4.01. The first kappa shape index (κ1) is 11.1. The van der Waals surface area contributed by atoms with Crippen LogP contribution in [0, 0.1) is 5.41 Å². The molecule has 0 aromatic heterocycles. The lowest BCUT2D eigenvalue weighted by molar-refractivity contribution is 0.534. The third-order valence-corrected chi connectivity index (χ3v) is 3.39. The van der Waals surface area contributed by atoms with Gasteiger partial charge in [0.15, 0.2) is 0 Å². The van der Waals surface area contributed by atoms with Gasteiger partial charge in [-0.25, -0.2) is 0 Å². The van der Waals surface area contributed by atoms with Crippen LogP contribution in [0.25, 0.3) is 0 Å². The second-order valence-corrected chi connectivity index (χ2v) is 5.54. The molecule has 0 rings (SSSR count). The summed E-state index contributed by atoms with van der Waals surface area (Å²) in [7, 11) is 0. The highest BCUT2D eigenvalue weighted by Crippen LogP contribution is 2.35. The van der Waals surface area contributed by atoms with E-state index >= 15 is 0 Å². The van der Waals surface area contributed by atoms with E-state index in [0.717, 1.165) is 0 Å². The number of thioether (sulfide) groups is 1. The third kappa shape index (κ3) is 4.52. The predicted molar refractivity (Wildman–Crippen MR) is 55.9 cm³/mol. The van der Waals surface area contributed by atoms with E-state index in [4.69, 9.17) is 0 Å². The highest BCUT2D eigenvalue weighted by molar-refractivity contribution is 8.03. The summed E-state index contributed by atoms with van der Waals surface area (Å²) in [6.07, 6.45) is 1.22. The molecule has 0 spiro atoms. The fourth-order valence-electron chi connectivity index (χ4n) is 0.503.